The number of likely N-dealkylation sites (tertiary alicyclic amines) is 1. The lowest BCUT2D eigenvalue weighted by molar-refractivity contribution is 0.217. The molecule has 1 atom stereocenters. The third-order valence-electron chi connectivity index (χ3n) is 3.56. The van der Waals surface area contributed by atoms with Crippen molar-refractivity contribution in [2.45, 2.75) is 24.2 Å². The van der Waals surface area contributed by atoms with Gasteiger partial charge in [-0.05, 0) is 57.5 Å². The van der Waals surface area contributed by atoms with Crippen LogP contribution < -0.4 is 0 Å². The van der Waals surface area contributed by atoms with E-state index in [0.29, 0.717) is 0 Å². The molecule has 0 spiro atoms. The fourth-order valence-corrected chi connectivity index (χ4v) is 3.56. The Labute approximate surface area is 106 Å². The van der Waals surface area contributed by atoms with Gasteiger partial charge in [0.25, 0.3) is 0 Å². The molecule has 3 heteroatoms. The van der Waals surface area contributed by atoms with Crippen molar-refractivity contribution in [3.8, 4) is 0 Å². The first-order chi connectivity index (χ1) is 8.25. The van der Waals surface area contributed by atoms with Crippen LogP contribution in [0.1, 0.15) is 19.3 Å². The van der Waals surface area contributed by atoms with Gasteiger partial charge in [-0.1, -0.05) is 18.2 Å². The van der Waals surface area contributed by atoms with Gasteiger partial charge in [0, 0.05) is 10.6 Å². The van der Waals surface area contributed by atoms with Gasteiger partial charge in [-0.15, -0.1) is 0 Å². The van der Waals surface area contributed by atoms with Gasteiger partial charge in [0.2, 0.25) is 0 Å². The van der Waals surface area contributed by atoms with Crippen molar-refractivity contribution in [2.75, 3.05) is 25.9 Å². The van der Waals surface area contributed by atoms with E-state index in [1.54, 1.807) is 0 Å². The second-order valence-corrected chi connectivity index (χ2v) is 6.47. The van der Waals surface area contributed by atoms with Crippen molar-refractivity contribution in [3.63, 3.8) is 0 Å². The van der Waals surface area contributed by atoms with Crippen molar-refractivity contribution >= 4 is 10.8 Å². The summed E-state index contributed by atoms with van der Waals surface area (Å²) in [6.45, 7) is 2.39. The van der Waals surface area contributed by atoms with Gasteiger partial charge in [0.05, 0.1) is 10.8 Å². The second kappa shape index (κ2) is 6.31. The molecular formula is C14H21NOS. The fraction of sp³-hybridized carbons (Fsp3) is 0.571. The molecule has 0 bridgehead atoms. The Morgan fingerprint density at radius 2 is 1.88 bits per heavy atom. The summed E-state index contributed by atoms with van der Waals surface area (Å²) in [7, 11) is 1.37. The Hall–Kier alpha value is -0.670. The van der Waals surface area contributed by atoms with Crippen LogP contribution in [0.5, 0.6) is 0 Å². The smallest absolute Gasteiger partial charge is 0.0529 e. The highest BCUT2D eigenvalue weighted by atomic mass is 32.2. The molecule has 2 nitrogen and oxygen atoms in total. The highest BCUT2D eigenvalue weighted by Crippen LogP contribution is 2.20. The molecule has 17 heavy (non-hydrogen) atoms. The molecule has 1 aliphatic rings. The number of rotatable bonds is 4. The predicted octanol–water partition coefficient (Wildman–Crippen LogP) is 2.53. The predicted molar refractivity (Wildman–Crippen MR) is 72.6 cm³/mol. The minimum atomic E-state index is -0.807. The summed E-state index contributed by atoms with van der Waals surface area (Å²) in [5.41, 5.74) is 0. The molecule has 1 fully saturated rings. The molecule has 0 N–H and O–H groups in total. The summed E-state index contributed by atoms with van der Waals surface area (Å²) in [5.74, 6) is 1.59. The molecule has 0 saturated carbocycles. The summed E-state index contributed by atoms with van der Waals surface area (Å²) < 4.78 is 12.1. The van der Waals surface area contributed by atoms with Crippen LogP contribution in [0, 0.1) is 5.92 Å². The van der Waals surface area contributed by atoms with Crippen molar-refractivity contribution in [2.24, 2.45) is 5.92 Å². The fourth-order valence-electron chi connectivity index (χ4n) is 2.31. The van der Waals surface area contributed by atoms with Gasteiger partial charge in [0.1, 0.15) is 0 Å². The topological polar surface area (TPSA) is 20.3 Å². The SMILES string of the molecule is CN1CCC(CCS(=O)c2ccccc2)CC1. The standard InChI is InChI=1S/C14H21NOS/c1-15-10-7-13(8-11-15)9-12-17(16)14-5-3-2-4-6-14/h2-6,13H,7-12H2,1H3. The van der Waals surface area contributed by atoms with Gasteiger partial charge in [-0.25, -0.2) is 0 Å². The van der Waals surface area contributed by atoms with Crippen molar-refractivity contribution < 1.29 is 4.21 Å². The van der Waals surface area contributed by atoms with E-state index in [4.69, 9.17) is 0 Å². The van der Waals surface area contributed by atoms with Gasteiger partial charge in [0.15, 0.2) is 0 Å². The summed E-state index contributed by atoms with van der Waals surface area (Å²) >= 11 is 0. The van der Waals surface area contributed by atoms with Crippen LogP contribution in [0.15, 0.2) is 35.2 Å². The minimum Gasteiger partial charge on any atom is -0.306 e. The zero-order valence-electron chi connectivity index (χ0n) is 10.5. The summed E-state index contributed by atoms with van der Waals surface area (Å²) in [6, 6.07) is 9.82. The van der Waals surface area contributed by atoms with Gasteiger partial charge >= 0.3 is 0 Å². The van der Waals surface area contributed by atoms with E-state index in [9.17, 15) is 4.21 Å². The highest BCUT2D eigenvalue weighted by molar-refractivity contribution is 7.85. The number of hydrogen-bond acceptors (Lipinski definition) is 2. The Kier molecular flexibility index (Phi) is 4.75. The van der Waals surface area contributed by atoms with E-state index in [1.165, 1.54) is 25.9 Å². The maximum atomic E-state index is 12.1. The van der Waals surface area contributed by atoms with E-state index < -0.39 is 10.8 Å². The molecule has 1 aromatic carbocycles. The van der Waals surface area contributed by atoms with Crippen LogP contribution in [-0.2, 0) is 10.8 Å². The van der Waals surface area contributed by atoms with E-state index >= 15 is 0 Å². The molecule has 94 valence electrons. The van der Waals surface area contributed by atoms with Crippen LogP contribution in [0.25, 0.3) is 0 Å². The molecule has 1 heterocycles. The Morgan fingerprint density at radius 3 is 2.53 bits per heavy atom. The normalized spacial score (nSPS) is 20.3. The second-order valence-electron chi connectivity index (χ2n) is 4.90. The van der Waals surface area contributed by atoms with Crippen molar-refractivity contribution in [3.05, 3.63) is 30.3 Å². The van der Waals surface area contributed by atoms with Crippen molar-refractivity contribution in [1.82, 2.24) is 4.90 Å². The van der Waals surface area contributed by atoms with Crippen LogP contribution in [-0.4, -0.2) is 35.0 Å². The third-order valence-corrected chi connectivity index (χ3v) is 4.96. The first-order valence-electron chi connectivity index (χ1n) is 6.37. The quantitative estimate of drug-likeness (QED) is 0.819. The molecular weight excluding hydrogens is 230 g/mol. The lowest BCUT2D eigenvalue weighted by Crippen LogP contribution is -2.30. The van der Waals surface area contributed by atoms with Gasteiger partial charge < -0.3 is 4.90 Å². The lowest BCUT2D eigenvalue weighted by atomic mass is 9.95. The number of piperidine rings is 1. The Bertz CT molecular complexity index is 358. The molecule has 0 aliphatic carbocycles. The van der Waals surface area contributed by atoms with Gasteiger partial charge in [-0.2, -0.15) is 0 Å². The zero-order valence-corrected chi connectivity index (χ0v) is 11.3. The highest BCUT2D eigenvalue weighted by Gasteiger charge is 2.17. The van der Waals surface area contributed by atoms with E-state index in [2.05, 4.69) is 11.9 Å². The van der Waals surface area contributed by atoms with Crippen LogP contribution in [0.2, 0.25) is 0 Å². The summed E-state index contributed by atoms with van der Waals surface area (Å²) in [4.78, 5) is 3.35. The maximum absolute atomic E-state index is 12.1. The Balaban J connectivity index is 1.77. The number of nitrogens with zero attached hydrogens (tertiary/aromatic N) is 1. The molecule has 0 radical (unpaired) electrons. The zero-order chi connectivity index (χ0) is 12.1. The third kappa shape index (κ3) is 3.93. The first kappa shape index (κ1) is 12.8. The monoisotopic (exact) mass is 251 g/mol. The first-order valence-corrected chi connectivity index (χ1v) is 7.69. The Morgan fingerprint density at radius 1 is 1.24 bits per heavy atom. The van der Waals surface area contributed by atoms with Crippen molar-refractivity contribution in [1.29, 1.82) is 0 Å². The minimum absolute atomic E-state index is 0.777. The van der Waals surface area contributed by atoms with Crippen LogP contribution in [0.3, 0.4) is 0 Å². The van der Waals surface area contributed by atoms with E-state index in [0.717, 1.165) is 23.0 Å². The molecule has 2 rings (SSSR count). The molecule has 1 saturated heterocycles. The number of benzene rings is 1. The molecule has 0 amide bonds. The van der Waals surface area contributed by atoms with E-state index in [1.807, 2.05) is 30.3 Å². The number of hydrogen-bond donors (Lipinski definition) is 0. The molecule has 1 aliphatic heterocycles. The summed E-state index contributed by atoms with van der Waals surface area (Å²) in [5, 5.41) is 0. The van der Waals surface area contributed by atoms with Crippen LogP contribution in [0.4, 0.5) is 0 Å². The molecule has 0 aromatic heterocycles. The summed E-state index contributed by atoms with van der Waals surface area (Å²) in [6.07, 6.45) is 3.64. The average Bonchev–Trinajstić information content (AvgIpc) is 2.39. The maximum Gasteiger partial charge on any atom is 0.0529 e. The largest absolute Gasteiger partial charge is 0.306 e. The lowest BCUT2D eigenvalue weighted by Gasteiger charge is -2.28. The van der Waals surface area contributed by atoms with E-state index in [-0.39, 0.29) is 0 Å². The molecule has 1 unspecified atom stereocenters. The molecule has 1 aromatic rings. The van der Waals surface area contributed by atoms with Gasteiger partial charge in [-0.3, -0.25) is 4.21 Å². The van der Waals surface area contributed by atoms with Crippen LogP contribution >= 0.6 is 0 Å². The average molecular weight is 251 g/mol.